The number of ether oxygens (including phenoxy) is 1. The summed E-state index contributed by atoms with van der Waals surface area (Å²) in [5.41, 5.74) is 3.20. The highest BCUT2D eigenvalue weighted by Crippen LogP contribution is 2.22. The van der Waals surface area contributed by atoms with Gasteiger partial charge in [0, 0.05) is 41.7 Å². The standard InChI is InChI=1S/C27H24ClN3O4/c1-18-6-8-20(9-7-18)27(33)31(2)22-14-16-23(17-15-22)34-25(32)5-3-4-24-29-26(30-35-24)19-10-12-21(28)13-11-19/h6-17H,3-5H2,1-2H3. The monoisotopic (exact) mass is 489 g/mol. The average molecular weight is 490 g/mol. The predicted octanol–water partition coefficient (Wildman–Crippen LogP) is 5.90. The molecule has 0 aliphatic heterocycles. The van der Waals surface area contributed by atoms with Gasteiger partial charge in [0.1, 0.15) is 5.75 Å². The van der Waals surface area contributed by atoms with E-state index >= 15 is 0 Å². The van der Waals surface area contributed by atoms with Crippen LogP contribution in [0.15, 0.2) is 77.3 Å². The third-order valence-electron chi connectivity index (χ3n) is 5.40. The maximum atomic E-state index is 12.7. The highest BCUT2D eigenvalue weighted by molar-refractivity contribution is 6.30. The minimum atomic E-state index is -0.362. The molecule has 0 radical (unpaired) electrons. The van der Waals surface area contributed by atoms with E-state index in [1.807, 2.05) is 31.2 Å². The van der Waals surface area contributed by atoms with Crippen molar-refractivity contribution < 1.29 is 18.8 Å². The summed E-state index contributed by atoms with van der Waals surface area (Å²) in [5.74, 6) is 0.866. The molecule has 0 unspecified atom stereocenters. The van der Waals surface area contributed by atoms with Crippen molar-refractivity contribution >= 4 is 29.2 Å². The summed E-state index contributed by atoms with van der Waals surface area (Å²) in [4.78, 5) is 30.8. The van der Waals surface area contributed by atoms with Crippen LogP contribution in [0.1, 0.15) is 34.7 Å². The highest BCUT2D eigenvalue weighted by Gasteiger charge is 2.14. The number of aromatic nitrogens is 2. The zero-order valence-electron chi connectivity index (χ0n) is 19.4. The molecule has 0 spiro atoms. The molecule has 0 bridgehead atoms. The minimum absolute atomic E-state index is 0.116. The fourth-order valence-electron chi connectivity index (χ4n) is 3.38. The Morgan fingerprint density at radius 3 is 2.34 bits per heavy atom. The lowest BCUT2D eigenvalue weighted by molar-refractivity contribution is -0.134. The maximum Gasteiger partial charge on any atom is 0.311 e. The van der Waals surface area contributed by atoms with E-state index in [1.165, 1.54) is 0 Å². The summed E-state index contributed by atoms with van der Waals surface area (Å²) >= 11 is 5.90. The van der Waals surface area contributed by atoms with Crippen molar-refractivity contribution in [1.29, 1.82) is 0 Å². The number of nitrogens with zero attached hydrogens (tertiary/aromatic N) is 3. The van der Waals surface area contributed by atoms with E-state index in [4.69, 9.17) is 20.9 Å². The summed E-state index contributed by atoms with van der Waals surface area (Å²) in [6.45, 7) is 1.97. The number of benzene rings is 3. The molecule has 1 heterocycles. The Labute approximate surface area is 208 Å². The zero-order valence-corrected chi connectivity index (χ0v) is 20.2. The Morgan fingerprint density at radius 2 is 1.66 bits per heavy atom. The van der Waals surface area contributed by atoms with Gasteiger partial charge in [-0.25, -0.2) is 0 Å². The molecular weight excluding hydrogens is 466 g/mol. The van der Waals surface area contributed by atoms with Gasteiger partial charge in [0.05, 0.1) is 0 Å². The Balaban J connectivity index is 1.25. The van der Waals surface area contributed by atoms with Crippen LogP contribution in [0.4, 0.5) is 5.69 Å². The Kier molecular flexibility index (Phi) is 7.57. The molecule has 0 fully saturated rings. The summed E-state index contributed by atoms with van der Waals surface area (Å²) in [5, 5.41) is 4.60. The smallest absolute Gasteiger partial charge is 0.311 e. The lowest BCUT2D eigenvalue weighted by Crippen LogP contribution is -2.26. The molecule has 35 heavy (non-hydrogen) atoms. The molecular formula is C27H24ClN3O4. The third kappa shape index (κ3) is 6.33. The van der Waals surface area contributed by atoms with Gasteiger partial charge in [-0.3, -0.25) is 9.59 Å². The van der Waals surface area contributed by atoms with E-state index in [1.54, 1.807) is 60.5 Å². The molecule has 1 aromatic heterocycles. The van der Waals surface area contributed by atoms with Crippen LogP contribution >= 0.6 is 11.6 Å². The topological polar surface area (TPSA) is 85.5 Å². The van der Waals surface area contributed by atoms with Crippen LogP contribution in [0.5, 0.6) is 5.75 Å². The van der Waals surface area contributed by atoms with Crippen molar-refractivity contribution in [2.45, 2.75) is 26.2 Å². The normalized spacial score (nSPS) is 10.7. The van der Waals surface area contributed by atoms with Gasteiger partial charge in [0.15, 0.2) is 0 Å². The van der Waals surface area contributed by atoms with Crippen molar-refractivity contribution in [3.05, 3.63) is 94.8 Å². The summed E-state index contributed by atoms with van der Waals surface area (Å²) in [6, 6.07) is 21.4. The summed E-state index contributed by atoms with van der Waals surface area (Å²) in [7, 11) is 1.71. The van der Waals surface area contributed by atoms with Crippen LogP contribution in [0.2, 0.25) is 5.02 Å². The molecule has 0 aliphatic carbocycles. The van der Waals surface area contributed by atoms with Crippen LogP contribution in [-0.2, 0) is 11.2 Å². The van der Waals surface area contributed by atoms with Crippen LogP contribution < -0.4 is 9.64 Å². The third-order valence-corrected chi connectivity index (χ3v) is 5.65. The molecule has 1 amide bonds. The largest absolute Gasteiger partial charge is 0.427 e. The second kappa shape index (κ2) is 11.0. The molecule has 0 aliphatic rings. The summed E-state index contributed by atoms with van der Waals surface area (Å²) < 4.78 is 10.7. The number of aryl methyl sites for hydroxylation is 2. The number of esters is 1. The van der Waals surface area contributed by atoms with E-state index in [0.717, 1.165) is 11.1 Å². The molecule has 178 valence electrons. The van der Waals surface area contributed by atoms with Gasteiger partial charge in [-0.1, -0.05) is 34.5 Å². The molecule has 0 N–H and O–H groups in total. The van der Waals surface area contributed by atoms with Crippen LogP contribution in [0.25, 0.3) is 11.4 Å². The number of rotatable bonds is 8. The number of hydrogen-bond donors (Lipinski definition) is 0. The average Bonchev–Trinajstić information content (AvgIpc) is 3.33. The van der Waals surface area contributed by atoms with Crippen LogP contribution in [-0.4, -0.2) is 29.1 Å². The highest BCUT2D eigenvalue weighted by atomic mass is 35.5. The van der Waals surface area contributed by atoms with Gasteiger partial charge in [0.2, 0.25) is 11.7 Å². The molecule has 4 aromatic rings. The van der Waals surface area contributed by atoms with Gasteiger partial charge in [-0.15, -0.1) is 0 Å². The van der Waals surface area contributed by atoms with Crippen molar-refractivity contribution in [1.82, 2.24) is 10.1 Å². The van der Waals surface area contributed by atoms with Gasteiger partial charge in [-0.05, 0) is 74.0 Å². The first-order chi connectivity index (χ1) is 16.9. The predicted molar refractivity (Wildman–Crippen MR) is 134 cm³/mol. The first kappa shape index (κ1) is 24.2. The second-order valence-corrected chi connectivity index (χ2v) is 8.51. The van der Waals surface area contributed by atoms with E-state index in [9.17, 15) is 9.59 Å². The number of carbonyl (C=O) groups excluding carboxylic acids is 2. The molecule has 0 atom stereocenters. The van der Waals surface area contributed by atoms with Gasteiger partial charge < -0.3 is 14.2 Å². The zero-order chi connectivity index (χ0) is 24.8. The minimum Gasteiger partial charge on any atom is -0.427 e. The number of anilines is 1. The number of hydrogen-bond acceptors (Lipinski definition) is 6. The van der Waals surface area contributed by atoms with Crippen LogP contribution in [0, 0.1) is 6.92 Å². The van der Waals surface area contributed by atoms with Gasteiger partial charge in [-0.2, -0.15) is 4.98 Å². The fraction of sp³-hybridized carbons (Fsp3) is 0.185. The fourth-order valence-corrected chi connectivity index (χ4v) is 3.51. The quantitative estimate of drug-likeness (QED) is 0.226. The van der Waals surface area contributed by atoms with Gasteiger partial charge >= 0.3 is 5.97 Å². The van der Waals surface area contributed by atoms with Gasteiger partial charge in [0.25, 0.3) is 5.91 Å². The second-order valence-electron chi connectivity index (χ2n) is 8.07. The Morgan fingerprint density at radius 1 is 0.971 bits per heavy atom. The van der Waals surface area contributed by atoms with Crippen molar-refractivity contribution in [3.8, 4) is 17.1 Å². The Bertz CT molecular complexity index is 1300. The molecule has 7 nitrogen and oxygen atoms in total. The number of amides is 1. The number of carbonyl (C=O) groups is 2. The van der Waals surface area contributed by atoms with E-state index in [-0.39, 0.29) is 18.3 Å². The molecule has 0 saturated carbocycles. The molecule has 0 saturated heterocycles. The SMILES string of the molecule is Cc1ccc(C(=O)N(C)c2ccc(OC(=O)CCCc3nc(-c4ccc(Cl)cc4)no3)cc2)cc1. The lowest BCUT2D eigenvalue weighted by atomic mass is 10.1. The van der Waals surface area contributed by atoms with Crippen molar-refractivity contribution in [2.75, 3.05) is 11.9 Å². The van der Waals surface area contributed by atoms with Crippen molar-refractivity contribution in [2.24, 2.45) is 0 Å². The van der Waals surface area contributed by atoms with Crippen molar-refractivity contribution in [3.63, 3.8) is 0 Å². The van der Waals surface area contributed by atoms with E-state index < -0.39 is 0 Å². The van der Waals surface area contributed by atoms with E-state index in [0.29, 0.717) is 46.6 Å². The van der Waals surface area contributed by atoms with Crippen LogP contribution in [0.3, 0.4) is 0 Å². The molecule has 4 rings (SSSR count). The number of halogens is 1. The molecule has 8 heteroatoms. The first-order valence-electron chi connectivity index (χ1n) is 11.1. The van der Waals surface area contributed by atoms with E-state index in [2.05, 4.69) is 10.1 Å². The first-order valence-corrected chi connectivity index (χ1v) is 11.5. The summed E-state index contributed by atoms with van der Waals surface area (Å²) in [6.07, 6.45) is 1.17. The maximum absolute atomic E-state index is 12.7. The molecule has 3 aromatic carbocycles. The lowest BCUT2D eigenvalue weighted by Gasteiger charge is -2.18. The Hall–Kier alpha value is -3.97.